The third kappa shape index (κ3) is 3.42. The first-order chi connectivity index (χ1) is 8.03. The van der Waals surface area contributed by atoms with E-state index in [4.69, 9.17) is 4.74 Å². The van der Waals surface area contributed by atoms with Gasteiger partial charge < -0.3 is 15.0 Å². The molecule has 0 aromatic carbocycles. The SMILES string of the molecule is COC(=O)C1(NCCN(C)C)CCCCC1C. The van der Waals surface area contributed by atoms with Crippen LogP contribution >= 0.6 is 0 Å². The summed E-state index contributed by atoms with van der Waals surface area (Å²) in [7, 11) is 5.56. The van der Waals surface area contributed by atoms with Crippen molar-refractivity contribution in [3.8, 4) is 0 Å². The van der Waals surface area contributed by atoms with Gasteiger partial charge in [-0.1, -0.05) is 19.8 Å². The highest BCUT2D eigenvalue weighted by Crippen LogP contribution is 2.34. The fraction of sp³-hybridized carbons (Fsp3) is 0.923. The first-order valence-corrected chi connectivity index (χ1v) is 6.51. The second-order valence-electron chi connectivity index (χ2n) is 5.34. The topological polar surface area (TPSA) is 41.6 Å². The summed E-state index contributed by atoms with van der Waals surface area (Å²) < 4.78 is 5.01. The smallest absolute Gasteiger partial charge is 0.326 e. The fourth-order valence-electron chi connectivity index (χ4n) is 2.67. The van der Waals surface area contributed by atoms with Gasteiger partial charge in [-0.2, -0.15) is 0 Å². The molecule has 1 fully saturated rings. The Hall–Kier alpha value is -0.610. The van der Waals surface area contributed by atoms with E-state index in [1.165, 1.54) is 13.5 Å². The van der Waals surface area contributed by atoms with E-state index >= 15 is 0 Å². The van der Waals surface area contributed by atoms with Crippen LogP contribution in [0, 0.1) is 5.92 Å². The normalized spacial score (nSPS) is 29.4. The number of nitrogens with zero attached hydrogens (tertiary/aromatic N) is 1. The molecule has 1 aliphatic rings. The van der Waals surface area contributed by atoms with Crippen LogP contribution in [-0.2, 0) is 9.53 Å². The number of hydrogen-bond acceptors (Lipinski definition) is 4. The van der Waals surface area contributed by atoms with Crippen LogP contribution in [0.5, 0.6) is 0 Å². The molecule has 100 valence electrons. The first-order valence-electron chi connectivity index (χ1n) is 6.51. The van der Waals surface area contributed by atoms with Crippen LogP contribution in [0.15, 0.2) is 0 Å². The Kier molecular flexibility index (Phi) is 5.40. The van der Waals surface area contributed by atoms with E-state index < -0.39 is 5.54 Å². The minimum atomic E-state index is -0.455. The molecule has 0 heterocycles. The predicted molar refractivity (Wildman–Crippen MR) is 68.9 cm³/mol. The molecule has 17 heavy (non-hydrogen) atoms. The van der Waals surface area contributed by atoms with Crippen molar-refractivity contribution in [3.05, 3.63) is 0 Å². The maximum absolute atomic E-state index is 12.1. The highest BCUT2D eigenvalue weighted by Gasteiger charge is 2.45. The van der Waals surface area contributed by atoms with Gasteiger partial charge in [0.1, 0.15) is 5.54 Å². The zero-order valence-corrected chi connectivity index (χ0v) is 11.6. The fourth-order valence-corrected chi connectivity index (χ4v) is 2.67. The third-order valence-electron chi connectivity index (χ3n) is 3.85. The monoisotopic (exact) mass is 242 g/mol. The Labute approximate surface area is 105 Å². The van der Waals surface area contributed by atoms with E-state index in [-0.39, 0.29) is 5.97 Å². The lowest BCUT2D eigenvalue weighted by atomic mass is 9.73. The number of likely N-dealkylation sites (N-methyl/N-ethyl adjacent to an activating group) is 1. The zero-order chi connectivity index (χ0) is 12.9. The van der Waals surface area contributed by atoms with Crippen LogP contribution in [0.25, 0.3) is 0 Å². The zero-order valence-electron chi connectivity index (χ0n) is 11.6. The molecule has 0 bridgehead atoms. The molecule has 0 amide bonds. The molecule has 0 radical (unpaired) electrons. The van der Waals surface area contributed by atoms with Gasteiger partial charge in [0.05, 0.1) is 7.11 Å². The number of hydrogen-bond donors (Lipinski definition) is 1. The number of rotatable bonds is 5. The van der Waals surface area contributed by atoms with Gasteiger partial charge in [-0.05, 0) is 32.9 Å². The molecule has 4 heteroatoms. The number of carbonyl (C=O) groups excluding carboxylic acids is 1. The molecule has 0 aliphatic heterocycles. The molecular weight excluding hydrogens is 216 g/mol. The van der Waals surface area contributed by atoms with Gasteiger partial charge in [0, 0.05) is 13.1 Å². The van der Waals surface area contributed by atoms with Crippen molar-refractivity contribution in [1.82, 2.24) is 10.2 Å². The van der Waals surface area contributed by atoms with E-state index in [9.17, 15) is 4.79 Å². The van der Waals surface area contributed by atoms with Crippen LogP contribution in [0.1, 0.15) is 32.6 Å². The Morgan fingerprint density at radius 1 is 1.47 bits per heavy atom. The summed E-state index contributed by atoms with van der Waals surface area (Å²) in [4.78, 5) is 14.2. The molecule has 0 aromatic heterocycles. The van der Waals surface area contributed by atoms with Gasteiger partial charge in [-0.25, -0.2) is 0 Å². The minimum Gasteiger partial charge on any atom is -0.468 e. The lowest BCUT2D eigenvalue weighted by Crippen LogP contribution is -2.59. The lowest BCUT2D eigenvalue weighted by molar-refractivity contribution is -0.152. The van der Waals surface area contributed by atoms with Crippen molar-refractivity contribution in [1.29, 1.82) is 0 Å². The van der Waals surface area contributed by atoms with E-state index in [2.05, 4.69) is 17.1 Å². The summed E-state index contributed by atoms with van der Waals surface area (Å²) in [6.45, 7) is 3.91. The molecule has 2 atom stereocenters. The Bertz CT molecular complexity index is 256. The Balaban J connectivity index is 2.67. The predicted octanol–water partition coefficient (Wildman–Crippen LogP) is 1.26. The van der Waals surface area contributed by atoms with Crippen molar-refractivity contribution in [3.63, 3.8) is 0 Å². The molecule has 1 saturated carbocycles. The van der Waals surface area contributed by atoms with E-state index in [1.54, 1.807) is 0 Å². The van der Waals surface area contributed by atoms with Crippen molar-refractivity contribution in [2.75, 3.05) is 34.3 Å². The molecule has 0 saturated heterocycles. The minimum absolute atomic E-state index is 0.0940. The second-order valence-corrected chi connectivity index (χ2v) is 5.34. The lowest BCUT2D eigenvalue weighted by Gasteiger charge is -2.41. The van der Waals surface area contributed by atoms with Crippen LogP contribution < -0.4 is 5.32 Å². The Morgan fingerprint density at radius 3 is 2.71 bits per heavy atom. The van der Waals surface area contributed by atoms with Gasteiger partial charge in [-0.3, -0.25) is 4.79 Å². The maximum atomic E-state index is 12.1. The number of carbonyl (C=O) groups is 1. The molecule has 1 aliphatic carbocycles. The summed E-state index contributed by atoms with van der Waals surface area (Å²) in [5, 5.41) is 3.45. The van der Waals surface area contributed by atoms with Crippen molar-refractivity contribution < 1.29 is 9.53 Å². The molecule has 1 N–H and O–H groups in total. The van der Waals surface area contributed by atoms with Crippen LogP contribution in [0.3, 0.4) is 0 Å². The largest absolute Gasteiger partial charge is 0.468 e. The van der Waals surface area contributed by atoms with Crippen molar-refractivity contribution in [2.24, 2.45) is 5.92 Å². The highest BCUT2D eigenvalue weighted by atomic mass is 16.5. The average Bonchev–Trinajstić information content (AvgIpc) is 2.30. The third-order valence-corrected chi connectivity index (χ3v) is 3.85. The van der Waals surface area contributed by atoms with E-state index in [1.807, 2.05) is 14.1 Å². The second kappa shape index (κ2) is 6.36. The van der Waals surface area contributed by atoms with Crippen LogP contribution in [-0.4, -0.2) is 50.7 Å². The molecule has 2 unspecified atom stereocenters. The van der Waals surface area contributed by atoms with Crippen LogP contribution in [0.4, 0.5) is 0 Å². The highest BCUT2D eigenvalue weighted by molar-refractivity contribution is 5.81. The summed E-state index contributed by atoms with van der Waals surface area (Å²) in [6, 6.07) is 0. The van der Waals surface area contributed by atoms with Crippen molar-refractivity contribution in [2.45, 2.75) is 38.1 Å². The standard InChI is InChI=1S/C13H26N2O2/c1-11-7-5-6-8-13(11,12(16)17-4)14-9-10-15(2)3/h11,14H,5-10H2,1-4H3. The molecule has 4 nitrogen and oxygen atoms in total. The number of ether oxygens (including phenoxy) is 1. The van der Waals surface area contributed by atoms with Crippen molar-refractivity contribution >= 4 is 5.97 Å². The van der Waals surface area contributed by atoms with Crippen LogP contribution in [0.2, 0.25) is 0 Å². The van der Waals surface area contributed by atoms with Gasteiger partial charge in [0.2, 0.25) is 0 Å². The average molecular weight is 242 g/mol. The summed E-state index contributed by atoms with van der Waals surface area (Å²) >= 11 is 0. The van der Waals surface area contributed by atoms with E-state index in [0.29, 0.717) is 5.92 Å². The quantitative estimate of drug-likeness (QED) is 0.737. The Morgan fingerprint density at radius 2 is 2.18 bits per heavy atom. The summed E-state index contributed by atoms with van der Waals surface area (Å²) in [6.07, 6.45) is 4.32. The van der Waals surface area contributed by atoms with Gasteiger partial charge in [0.15, 0.2) is 0 Å². The van der Waals surface area contributed by atoms with E-state index in [0.717, 1.165) is 32.4 Å². The van der Waals surface area contributed by atoms with Gasteiger partial charge in [-0.15, -0.1) is 0 Å². The van der Waals surface area contributed by atoms with Gasteiger partial charge in [0.25, 0.3) is 0 Å². The number of esters is 1. The number of nitrogens with one attached hydrogen (secondary N) is 1. The van der Waals surface area contributed by atoms with Gasteiger partial charge >= 0.3 is 5.97 Å². The molecule has 0 aromatic rings. The summed E-state index contributed by atoms with van der Waals surface area (Å²) in [5.74, 6) is 0.259. The first kappa shape index (κ1) is 14.5. The molecular formula is C13H26N2O2. The maximum Gasteiger partial charge on any atom is 0.326 e. The molecule has 0 spiro atoms. The molecule has 1 rings (SSSR count). The summed E-state index contributed by atoms with van der Waals surface area (Å²) in [5.41, 5.74) is -0.455. The number of methoxy groups -OCH3 is 1.